The van der Waals surface area contributed by atoms with Crippen LogP contribution in [0, 0.1) is 12.7 Å². The van der Waals surface area contributed by atoms with E-state index in [2.05, 4.69) is 74.5 Å². The molecule has 2 fully saturated rings. The number of halogens is 2. The van der Waals surface area contributed by atoms with Crippen LogP contribution in [-0.2, 0) is 11.6 Å². The number of benzene rings is 2. The van der Waals surface area contributed by atoms with E-state index in [1.54, 1.807) is 32.5 Å². The van der Waals surface area contributed by atoms with Gasteiger partial charge in [-0.15, -0.1) is 0 Å². The summed E-state index contributed by atoms with van der Waals surface area (Å²) in [6, 6.07) is 8.06. The lowest BCUT2D eigenvalue weighted by Gasteiger charge is -2.42. The molecule has 2 aromatic carbocycles. The number of aryl methyl sites for hydroxylation is 2. The van der Waals surface area contributed by atoms with Crippen molar-refractivity contribution < 1.29 is 13.7 Å². The van der Waals surface area contributed by atoms with E-state index in [-0.39, 0.29) is 10.9 Å². The van der Waals surface area contributed by atoms with Crippen LogP contribution in [0.3, 0.4) is 0 Å². The molecule has 2 saturated heterocycles. The Morgan fingerprint density at radius 2 is 1.73 bits per heavy atom. The Balaban J connectivity index is 1.21. The minimum absolute atomic E-state index is 0.0782. The first-order valence-electron chi connectivity index (χ1n) is 16.1. The summed E-state index contributed by atoms with van der Waals surface area (Å²) in [5.74, 6) is 0.893. The van der Waals surface area contributed by atoms with E-state index in [4.69, 9.17) is 4.74 Å². The van der Waals surface area contributed by atoms with Crippen molar-refractivity contribution in [1.82, 2.24) is 34.8 Å². The van der Waals surface area contributed by atoms with Gasteiger partial charge in [-0.05, 0) is 79.8 Å². The third-order valence-electron chi connectivity index (χ3n) is 9.16. The van der Waals surface area contributed by atoms with Crippen LogP contribution in [0.4, 0.5) is 33.2 Å². The van der Waals surface area contributed by atoms with Crippen LogP contribution < -0.4 is 25.6 Å². The fourth-order valence-electron chi connectivity index (χ4n) is 6.50. The summed E-state index contributed by atoms with van der Waals surface area (Å²) in [4.78, 5) is 18.0. The van der Waals surface area contributed by atoms with Crippen LogP contribution >= 0.6 is 23.1 Å². The molecule has 12 nitrogen and oxygen atoms in total. The molecule has 0 spiro atoms. The molecular weight excluding hydrogens is 698 g/mol. The second-order valence-corrected chi connectivity index (χ2v) is 16.9. The first-order chi connectivity index (χ1) is 22.9. The number of aromatic nitrogens is 5. The average Bonchev–Trinajstić information content (AvgIpc) is 3.49. The van der Waals surface area contributed by atoms with E-state index in [0.29, 0.717) is 33.7 Å². The molecule has 4 heterocycles. The summed E-state index contributed by atoms with van der Waals surface area (Å²) in [6.45, 7) is 11.6. The number of hydrogen-bond acceptors (Lipinski definition) is 11. The normalized spacial score (nSPS) is 16.7. The third-order valence-corrected chi connectivity index (χ3v) is 11.3. The number of anilines is 5. The second-order valence-electron chi connectivity index (χ2n) is 12.9. The van der Waals surface area contributed by atoms with Gasteiger partial charge in [0.25, 0.3) is 0 Å². The van der Waals surface area contributed by atoms with E-state index in [1.807, 2.05) is 13.0 Å². The lowest BCUT2D eigenvalue weighted by Crippen LogP contribution is -2.52. The number of hydrogen-bond donors (Lipinski definition) is 2. The summed E-state index contributed by atoms with van der Waals surface area (Å²) >= 11 is 3.51. The van der Waals surface area contributed by atoms with E-state index in [9.17, 15) is 4.57 Å². The van der Waals surface area contributed by atoms with Gasteiger partial charge in [-0.1, -0.05) is 0 Å². The van der Waals surface area contributed by atoms with Gasteiger partial charge in [0, 0.05) is 75.9 Å². The smallest absolute Gasteiger partial charge is 0.229 e. The minimum atomic E-state index is -3.09. The van der Waals surface area contributed by atoms with Gasteiger partial charge in [0.15, 0.2) is 0 Å². The molecule has 4 aromatic rings. The molecule has 0 amide bonds. The van der Waals surface area contributed by atoms with Crippen molar-refractivity contribution in [2.24, 2.45) is 7.05 Å². The van der Waals surface area contributed by atoms with Crippen molar-refractivity contribution in [2.75, 3.05) is 82.3 Å². The maximum atomic E-state index is 15.9. The molecule has 48 heavy (non-hydrogen) atoms. The molecular formula is C33H43BrFN10O2P. The summed E-state index contributed by atoms with van der Waals surface area (Å²) in [5, 5.41) is 14.9. The van der Waals surface area contributed by atoms with Crippen molar-refractivity contribution in [3.05, 3.63) is 52.5 Å². The summed E-state index contributed by atoms with van der Waals surface area (Å²) < 4.78 is 35.7. The highest BCUT2D eigenvalue weighted by Gasteiger charge is 2.29. The van der Waals surface area contributed by atoms with Crippen LogP contribution in [0.15, 0.2) is 41.1 Å². The van der Waals surface area contributed by atoms with Crippen molar-refractivity contribution in [3.63, 3.8) is 0 Å². The zero-order chi connectivity index (χ0) is 34.2. The third kappa shape index (κ3) is 7.36. The number of piperazine rings is 1. The zero-order valence-electron chi connectivity index (χ0n) is 28.3. The molecule has 256 valence electrons. The van der Waals surface area contributed by atoms with Gasteiger partial charge in [0.05, 0.1) is 34.5 Å². The fraction of sp³-hybridized carbons (Fsp3) is 0.455. The second kappa shape index (κ2) is 14.1. The lowest BCUT2D eigenvalue weighted by atomic mass is 10.0. The Hall–Kier alpha value is -3.58. The van der Waals surface area contributed by atoms with Crippen LogP contribution in [0.2, 0.25) is 0 Å². The summed E-state index contributed by atoms with van der Waals surface area (Å²) in [7, 11) is 2.46. The molecule has 0 atom stereocenters. The molecule has 0 saturated carbocycles. The zero-order valence-corrected chi connectivity index (χ0v) is 30.8. The van der Waals surface area contributed by atoms with E-state index in [1.165, 1.54) is 24.3 Å². The molecule has 0 unspecified atom stereocenters. The Bertz CT molecular complexity index is 1830. The maximum absolute atomic E-state index is 15.9. The van der Waals surface area contributed by atoms with Crippen molar-refractivity contribution in [3.8, 4) is 17.0 Å². The minimum Gasteiger partial charge on any atom is -0.495 e. The number of ether oxygens (including phenoxy) is 1. The van der Waals surface area contributed by atoms with Gasteiger partial charge in [-0.3, -0.25) is 4.90 Å². The van der Waals surface area contributed by atoms with Crippen molar-refractivity contribution >= 4 is 57.2 Å². The largest absolute Gasteiger partial charge is 0.495 e. The van der Waals surface area contributed by atoms with Crippen LogP contribution in [0.5, 0.6) is 5.75 Å². The van der Waals surface area contributed by atoms with Gasteiger partial charge < -0.3 is 29.7 Å². The Morgan fingerprint density at radius 1 is 1.00 bits per heavy atom. The monoisotopic (exact) mass is 740 g/mol. The van der Waals surface area contributed by atoms with E-state index in [0.717, 1.165) is 74.8 Å². The summed E-state index contributed by atoms with van der Waals surface area (Å²) in [5.41, 5.74) is 3.84. The topological polar surface area (TPSA) is 117 Å². The SMILES string of the molecule is COc1cc(Nc2ncc(Br)c(Nc3ccc(-c4cnn(C)n4)c(F)c3P(C)(C)=O)n2)c(C)cc1N1CCC(N2CCN(C)CC2)CC1. The highest BCUT2D eigenvalue weighted by Crippen LogP contribution is 2.42. The first-order valence-corrected chi connectivity index (χ1v) is 19.5. The Labute approximate surface area is 289 Å². The molecule has 6 rings (SSSR count). The van der Waals surface area contributed by atoms with Gasteiger partial charge in [0.1, 0.15) is 30.2 Å². The number of piperidine rings is 1. The molecule has 2 aromatic heterocycles. The number of nitrogens with one attached hydrogen (secondary N) is 2. The molecule has 0 aliphatic carbocycles. The average molecular weight is 742 g/mol. The lowest BCUT2D eigenvalue weighted by molar-refractivity contribution is 0.0981. The number of likely N-dealkylation sites (N-methyl/N-ethyl adjacent to an activating group) is 1. The van der Waals surface area contributed by atoms with Gasteiger partial charge >= 0.3 is 0 Å². The van der Waals surface area contributed by atoms with Gasteiger partial charge in [0.2, 0.25) is 5.95 Å². The summed E-state index contributed by atoms with van der Waals surface area (Å²) in [6.07, 6.45) is 5.36. The van der Waals surface area contributed by atoms with Crippen molar-refractivity contribution in [1.29, 1.82) is 0 Å². The van der Waals surface area contributed by atoms with Gasteiger partial charge in [-0.2, -0.15) is 20.0 Å². The highest BCUT2D eigenvalue weighted by atomic mass is 79.9. The van der Waals surface area contributed by atoms with Crippen LogP contribution in [0.25, 0.3) is 11.3 Å². The quantitative estimate of drug-likeness (QED) is 0.214. The van der Waals surface area contributed by atoms with Crippen LogP contribution in [-0.4, -0.2) is 108 Å². The fourth-order valence-corrected chi connectivity index (χ4v) is 8.09. The highest BCUT2D eigenvalue weighted by molar-refractivity contribution is 9.10. The van der Waals surface area contributed by atoms with Crippen LogP contribution in [0.1, 0.15) is 18.4 Å². The molecule has 15 heteroatoms. The predicted molar refractivity (Wildman–Crippen MR) is 194 cm³/mol. The maximum Gasteiger partial charge on any atom is 0.229 e. The molecule has 2 N–H and O–H groups in total. The van der Waals surface area contributed by atoms with Gasteiger partial charge in [-0.25, -0.2) is 9.37 Å². The number of rotatable bonds is 9. The Morgan fingerprint density at radius 3 is 2.38 bits per heavy atom. The first kappa shape index (κ1) is 34.3. The standard InChI is InChI=1S/C33H43BrFN10O2P/c1-21-17-28(45-11-9-22(10-12-45)44-15-13-42(2)14-16-44)29(47-4)18-26(21)39-33-36-19-24(34)32(40-33)38-25-8-7-23(27-20-37-43(3)41-27)30(35)31(25)48(5,6)46/h7-8,17-20,22H,9-16H2,1-6H3,(H2,36,38,39,40). The molecule has 0 radical (unpaired) electrons. The van der Waals surface area contributed by atoms with E-state index >= 15 is 4.39 Å². The number of methoxy groups -OCH3 is 1. The predicted octanol–water partition coefficient (Wildman–Crippen LogP) is 5.44. The van der Waals surface area contributed by atoms with Crippen molar-refractivity contribution in [2.45, 2.75) is 25.8 Å². The molecule has 2 aliphatic rings. The molecule has 0 bridgehead atoms. The Kier molecular flexibility index (Phi) is 10.1. The molecule has 2 aliphatic heterocycles. The van der Waals surface area contributed by atoms with E-state index < -0.39 is 13.0 Å². The number of nitrogens with zero attached hydrogens (tertiary/aromatic N) is 8.